The van der Waals surface area contributed by atoms with Gasteiger partial charge >= 0.3 is 0 Å². The van der Waals surface area contributed by atoms with Crippen LogP contribution in [-0.2, 0) is 0 Å². The molecule has 0 amide bonds. The van der Waals surface area contributed by atoms with E-state index in [0.29, 0.717) is 5.92 Å². The average Bonchev–Trinajstić information content (AvgIpc) is 2.82. The highest BCUT2D eigenvalue weighted by atomic mass is 14.5. The van der Waals surface area contributed by atoms with E-state index < -0.39 is 0 Å². The summed E-state index contributed by atoms with van der Waals surface area (Å²) in [6.07, 6.45) is 29.4. The highest BCUT2D eigenvalue weighted by Crippen LogP contribution is 2.52. The average molecular weight is 428 g/mol. The standard InChI is InChI=1S/C30H53N/c1-3-5-6-7-8-9-11-26-14-18-29(19-15-26)30(24-31)22-20-28(21-23-30)27-16-12-25(10-4-2)13-17-27/h25-29H,3-23H2,1-2H3/t25?,26?,27?,28-,29?,30-. The first-order valence-electron chi connectivity index (χ1n) is 14.6. The van der Waals surface area contributed by atoms with E-state index in [2.05, 4.69) is 19.9 Å². The van der Waals surface area contributed by atoms with Gasteiger partial charge < -0.3 is 0 Å². The number of nitriles is 1. The first-order chi connectivity index (χ1) is 15.2. The zero-order chi connectivity index (χ0) is 21.9. The molecule has 0 bridgehead atoms. The smallest absolute Gasteiger partial charge is 0.0692 e. The van der Waals surface area contributed by atoms with Crippen LogP contribution >= 0.6 is 0 Å². The van der Waals surface area contributed by atoms with E-state index in [1.54, 1.807) is 0 Å². The third kappa shape index (κ3) is 7.24. The van der Waals surface area contributed by atoms with Crippen LogP contribution in [0.25, 0.3) is 0 Å². The third-order valence-corrected chi connectivity index (χ3v) is 9.99. The predicted molar refractivity (Wildman–Crippen MR) is 134 cm³/mol. The number of unbranched alkanes of at least 4 members (excludes halogenated alkanes) is 5. The van der Waals surface area contributed by atoms with Gasteiger partial charge in [-0.3, -0.25) is 0 Å². The molecule has 0 N–H and O–H groups in total. The molecular weight excluding hydrogens is 374 g/mol. The van der Waals surface area contributed by atoms with Gasteiger partial charge in [0.05, 0.1) is 11.5 Å². The van der Waals surface area contributed by atoms with Crippen LogP contribution < -0.4 is 0 Å². The number of hydrogen-bond acceptors (Lipinski definition) is 1. The van der Waals surface area contributed by atoms with Crippen LogP contribution in [-0.4, -0.2) is 0 Å². The van der Waals surface area contributed by atoms with Crippen molar-refractivity contribution in [2.75, 3.05) is 0 Å². The van der Waals surface area contributed by atoms with Crippen molar-refractivity contribution < 1.29 is 0 Å². The minimum atomic E-state index is 0.0427. The summed E-state index contributed by atoms with van der Waals surface area (Å²) in [5.41, 5.74) is 0.0427. The van der Waals surface area contributed by atoms with E-state index in [1.807, 2.05) is 0 Å². The summed E-state index contributed by atoms with van der Waals surface area (Å²) < 4.78 is 0. The molecule has 0 spiro atoms. The van der Waals surface area contributed by atoms with E-state index in [4.69, 9.17) is 0 Å². The summed E-state index contributed by atoms with van der Waals surface area (Å²) in [4.78, 5) is 0. The Labute approximate surface area is 195 Å². The molecule has 0 aliphatic heterocycles. The van der Waals surface area contributed by atoms with Gasteiger partial charge in [-0.25, -0.2) is 0 Å². The van der Waals surface area contributed by atoms with E-state index in [1.165, 1.54) is 135 Å². The van der Waals surface area contributed by atoms with E-state index in [9.17, 15) is 5.26 Å². The molecule has 3 fully saturated rings. The lowest BCUT2D eigenvalue weighted by Crippen LogP contribution is -2.38. The quantitative estimate of drug-likeness (QED) is 0.301. The molecule has 0 heterocycles. The second-order valence-corrected chi connectivity index (χ2v) is 11.9. The fraction of sp³-hybridized carbons (Fsp3) is 0.967. The topological polar surface area (TPSA) is 23.8 Å². The van der Waals surface area contributed by atoms with Crippen LogP contribution in [0.5, 0.6) is 0 Å². The van der Waals surface area contributed by atoms with Crippen molar-refractivity contribution in [1.29, 1.82) is 5.26 Å². The molecule has 0 unspecified atom stereocenters. The Bertz CT molecular complexity index is 507. The lowest BCUT2D eigenvalue weighted by Gasteiger charge is -2.46. The minimum Gasteiger partial charge on any atom is -0.198 e. The maximum atomic E-state index is 10.2. The van der Waals surface area contributed by atoms with Crippen LogP contribution in [0, 0.1) is 46.3 Å². The number of rotatable bonds is 11. The highest BCUT2D eigenvalue weighted by Gasteiger charge is 2.44. The Kier molecular flexibility index (Phi) is 10.7. The zero-order valence-corrected chi connectivity index (χ0v) is 21.2. The largest absolute Gasteiger partial charge is 0.198 e. The second-order valence-electron chi connectivity index (χ2n) is 11.9. The molecule has 0 saturated heterocycles. The highest BCUT2D eigenvalue weighted by molar-refractivity contribution is 5.06. The zero-order valence-electron chi connectivity index (χ0n) is 21.2. The summed E-state index contributed by atoms with van der Waals surface area (Å²) in [5, 5.41) is 10.2. The second kappa shape index (κ2) is 13.3. The molecule has 1 nitrogen and oxygen atoms in total. The maximum absolute atomic E-state index is 10.2. The molecule has 1 heteroatoms. The Morgan fingerprint density at radius 3 is 1.77 bits per heavy atom. The Hall–Kier alpha value is -0.510. The molecule has 3 saturated carbocycles. The maximum Gasteiger partial charge on any atom is 0.0692 e. The summed E-state index contributed by atoms with van der Waals surface area (Å²) in [6, 6.07) is 2.92. The third-order valence-electron chi connectivity index (χ3n) is 9.99. The van der Waals surface area contributed by atoms with Crippen LogP contribution in [0.2, 0.25) is 0 Å². The lowest BCUT2D eigenvalue weighted by atomic mass is 9.57. The van der Waals surface area contributed by atoms with Crippen molar-refractivity contribution in [3.63, 3.8) is 0 Å². The molecule has 0 aromatic carbocycles. The summed E-state index contributed by atoms with van der Waals surface area (Å²) in [6.45, 7) is 4.65. The van der Waals surface area contributed by atoms with Crippen LogP contribution in [0.3, 0.4) is 0 Å². The van der Waals surface area contributed by atoms with E-state index >= 15 is 0 Å². The molecule has 0 aromatic heterocycles. The van der Waals surface area contributed by atoms with Gasteiger partial charge in [-0.1, -0.05) is 97.3 Å². The van der Waals surface area contributed by atoms with Crippen LogP contribution in [0.1, 0.15) is 149 Å². The van der Waals surface area contributed by atoms with Gasteiger partial charge in [-0.2, -0.15) is 5.26 Å². The molecule has 0 radical (unpaired) electrons. The van der Waals surface area contributed by atoms with Crippen molar-refractivity contribution in [1.82, 2.24) is 0 Å². The first-order valence-corrected chi connectivity index (χ1v) is 14.6. The van der Waals surface area contributed by atoms with E-state index in [-0.39, 0.29) is 5.41 Å². The molecule has 31 heavy (non-hydrogen) atoms. The molecule has 178 valence electrons. The summed E-state index contributed by atoms with van der Waals surface area (Å²) in [7, 11) is 0. The molecule has 3 rings (SSSR count). The monoisotopic (exact) mass is 427 g/mol. The SMILES string of the molecule is CCCCCCCCC1CCC([C@]2(C#N)CC[C@@H](C3CCC(CCC)CC3)CC2)CC1. The summed E-state index contributed by atoms with van der Waals surface area (Å²) in [5.74, 6) is 4.62. The molecule has 0 aromatic rings. The molecule has 0 atom stereocenters. The number of hydrogen-bond donors (Lipinski definition) is 0. The van der Waals surface area contributed by atoms with Gasteiger partial charge in [-0.15, -0.1) is 0 Å². The van der Waals surface area contributed by atoms with Crippen LogP contribution in [0.15, 0.2) is 0 Å². The van der Waals surface area contributed by atoms with Crippen molar-refractivity contribution in [2.45, 2.75) is 149 Å². The van der Waals surface area contributed by atoms with E-state index in [0.717, 1.165) is 23.7 Å². The predicted octanol–water partition coefficient (Wildman–Crippen LogP) is 9.85. The molecule has 3 aliphatic rings. The number of nitrogens with zero attached hydrogens (tertiary/aromatic N) is 1. The van der Waals surface area contributed by atoms with Crippen molar-refractivity contribution in [3.05, 3.63) is 0 Å². The lowest BCUT2D eigenvalue weighted by molar-refractivity contribution is 0.0602. The Balaban J connectivity index is 1.36. The molecular formula is C30H53N. The van der Waals surface area contributed by atoms with Gasteiger partial charge in [0.25, 0.3) is 0 Å². The van der Waals surface area contributed by atoms with Crippen molar-refractivity contribution in [2.24, 2.45) is 35.0 Å². The van der Waals surface area contributed by atoms with Crippen molar-refractivity contribution >= 4 is 0 Å². The van der Waals surface area contributed by atoms with Crippen LogP contribution in [0.4, 0.5) is 0 Å². The van der Waals surface area contributed by atoms with Gasteiger partial charge in [-0.05, 0) is 81.0 Å². The fourth-order valence-corrected chi connectivity index (χ4v) is 7.81. The van der Waals surface area contributed by atoms with Gasteiger partial charge in [0, 0.05) is 0 Å². The normalized spacial score (nSPS) is 36.7. The Morgan fingerprint density at radius 1 is 0.613 bits per heavy atom. The first kappa shape index (κ1) is 25.1. The minimum absolute atomic E-state index is 0.0427. The van der Waals surface area contributed by atoms with Gasteiger partial charge in [0.1, 0.15) is 0 Å². The van der Waals surface area contributed by atoms with Gasteiger partial charge in [0.2, 0.25) is 0 Å². The molecule has 3 aliphatic carbocycles. The van der Waals surface area contributed by atoms with Gasteiger partial charge in [0.15, 0.2) is 0 Å². The van der Waals surface area contributed by atoms with Crippen molar-refractivity contribution in [3.8, 4) is 6.07 Å². The Morgan fingerprint density at radius 2 is 1.16 bits per heavy atom. The fourth-order valence-electron chi connectivity index (χ4n) is 7.81. The summed E-state index contributed by atoms with van der Waals surface area (Å²) >= 11 is 0.